The molecule has 0 fully saturated rings. The molecule has 0 saturated carbocycles. The highest BCUT2D eigenvalue weighted by atomic mass is 16.4. The zero-order valence-corrected chi connectivity index (χ0v) is 8.47. The Labute approximate surface area is 87.8 Å². The van der Waals surface area contributed by atoms with E-state index in [2.05, 4.69) is 10.3 Å². The highest BCUT2D eigenvalue weighted by Gasteiger charge is 2.03. The number of hydrogen-bond donors (Lipinski definition) is 3. The van der Waals surface area contributed by atoms with Gasteiger partial charge in [-0.25, -0.2) is 9.78 Å². The number of carboxylic acids is 1. The Morgan fingerprint density at radius 1 is 1.60 bits per heavy atom. The van der Waals surface area contributed by atoms with Crippen LogP contribution in [0.4, 0.5) is 5.69 Å². The van der Waals surface area contributed by atoms with Crippen LogP contribution in [0.2, 0.25) is 0 Å². The van der Waals surface area contributed by atoms with Crippen LogP contribution in [0.5, 0.6) is 0 Å². The number of nitrogens with one attached hydrogen (secondary N) is 1. The van der Waals surface area contributed by atoms with Gasteiger partial charge in [0, 0.05) is 6.54 Å². The van der Waals surface area contributed by atoms with E-state index in [0.29, 0.717) is 13.0 Å². The number of nitrogens with zero attached hydrogens (tertiary/aromatic N) is 1. The Morgan fingerprint density at radius 3 is 2.80 bits per heavy atom. The van der Waals surface area contributed by atoms with Crippen molar-refractivity contribution in [3.8, 4) is 0 Å². The van der Waals surface area contributed by atoms with E-state index in [1.165, 1.54) is 12.3 Å². The summed E-state index contributed by atoms with van der Waals surface area (Å²) in [6, 6.07) is 3.09. The van der Waals surface area contributed by atoms with Crippen molar-refractivity contribution in [3.63, 3.8) is 0 Å². The van der Waals surface area contributed by atoms with E-state index in [-0.39, 0.29) is 11.8 Å². The fraction of sp³-hybridized carbons (Fsp3) is 0.400. The molecule has 0 amide bonds. The van der Waals surface area contributed by atoms with Crippen molar-refractivity contribution in [1.29, 1.82) is 0 Å². The molecule has 0 radical (unpaired) electrons. The molecule has 3 N–H and O–H groups in total. The second-order valence-electron chi connectivity index (χ2n) is 3.30. The fourth-order valence-electron chi connectivity index (χ4n) is 1.05. The average molecular weight is 210 g/mol. The Bertz CT molecular complexity index is 322. The largest absolute Gasteiger partial charge is 0.477 e. The first-order valence-electron chi connectivity index (χ1n) is 4.71. The molecule has 1 heterocycles. The second kappa shape index (κ2) is 5.31. The molecule has 0 aliphatic heterocycles. The number of aliphatic hydroxyl groups excluding tert-OH is 1. The molecule has 0 bridgehead atoms. The molecule has 0 aliphatic rings. The Balaban J connectivity index is 2.46. The zero-order chi connectivity index (χ0) is 11.3. The predicted molar refractivity (Wildman–Crippen MR) is 56.0 cm³/mol. The predicted octanol–water partition coefficient (Wildman–Crippen LogP) is 0.963. The number of anilines is 1. The molecular formula is C10H14N2O3. The van der Waals surface area contributed by atoms with Gasteiger partial charge in [-0.15, -0.1) is 0 Å². The summed E-state index contributed by atoms with van der Waals surface area (Å²) in [7, 11) is 0. The van der Waals surface area contributed by atoms with Crippen LogP contribution >= 0.6 is 0 Å². The quantitative estimate of drug-likeness (QED) is 0.674. The summed E-state index contributed by atoms with van der Waals surface area (Å²) in [6.45, 7) is 2.35. The lowest BCUT2D eigenvalue weighted by molar-refractivity contribution is 0.0690. The molecule has 5 heteroatoms. The van der Waals surface area contributed by atoms with Crippen molar-refractivity contribution < 1.29 is 15.0 Å². The van der Waals surface area contributed by atoms with Crippen LogP contribution < -0.4 is 5.32 Å². The molecule has 1 rings (SSSR count). The van der Waals surface area contributed by atoms with Crippen LogP contribution in [-0.2, 0) is 0 Å². The molecular weight excluding hydrogens is 196 g/mol. The van der Waals surface area contributed by atoms with Crippen molar-refractivity contribution in [3.05, 3.63) is 24.0 Å². The van der Waals surface area contributed by atoms with Crippen molar-refractivity contribution in [2.24, 2.45) is 0 Å². The third-order valence-corrected chi connectivity index (χ3v) is 1.87. The van der Waals surface area contributed by atoms with E-state index in [0.717, 1.165) is 5.69 Å². The van der Waals surface area contributed by atoms with Gasteiger partial charge in [-0.05, 0) is 25.5 Å². The maximum atomic E-state index is 10.5. The molecule has 0 saturated heterocycles. The van der Waals surface area contributed by atoms with Gasteiger partial charge in [-0.1, -0.05) is 0 Å². The number of aliphatic hydroxyl groups is 1. The standard InChI is InChI=1S/C10H14N2O3/c1-7(13)4-5-11-8-2-3-9(10(14)15)12-6-8/h2-3,6-7,11,13H,4-5H2,1H3,(H,14,15). The van der Waals surface area contributed by atoms with Gasteiger partial charge < -0.3 is 15.5 Å². The Kier molecular flexibility index (Phi) is 4.05. The lowest BCUT2D eigenvalue weighted by atomic mass is 10.3. The summed E-state index contributed by atoms with van der Waals surface area (Å²) >= 11 is 0. The maximum absolute atomic E-state index is 10.5. The van der Waals surface area contributed by atoms with Crippen LogP contribution in [0, 0.1) is 0 Å². The van der Waals surface area contributed by atoms with Crippen molar-refractivity contribution in [2.45, 2.75) is 19.4 Å². The van der Waals surface area contributed by atoms with E-state index < -0.39 is 5.97 Å². The Hall–Kier alpha value is -1.62. The first-order valence-corrected chi connectivity index (χ1v) is 4.71. The lowest BCUT2D eigenvalue weighted by Crippen LogP contribution is -2.10. The van der Waals surface area contributed by atoms with Gasteiger partial charge in [-0.2, -0.15) is 0 Å². The third kappa shape index (κ3) is 3.95. The molecule has 0 spiro atoms. The summed E-state index contributed by atoms with van der Waals surface area (Å²) < 4.78 is 0. The van der Waals surface area contributed by atoms with Crippen LogP contribution in [0.15, 0.2) is 18.3 Å². The average Bonchev–Trinajstić information content (AvgIpc) is 2.18. The highest BCUT2D eigenvalue weighted by molar-refractivity contribution is 5.85. The molecule has 82 valence electrons. The molecule has 0 aliphatic carbocycles. The molecule has 5 nitrogen and oxygen atoms in total. The van der Waals surface area contributed by atoms with E-state index in [1.54, 1.807) is 13.0 Å². The van der Waals surface area contributed by atoms with Crippen molar-refractivity contribution in [1.82, 2.24) is 4.98 Å². The normalized spacial score (nSPS) is 12.1. The van der Waals surface area contributed by atoms with Gasteiger partial charge in [0.05, 0.1) is 18.0 Å². The van der Waals surface area contributed by atoms with Crippen LogP contribution in [0.25, 0.3) is 0 Å². The summed E-state index contributed by atoms with van der Waals surface area (Å²) in [6.07, 6.45) is 1.76. The van der Waals surface area contributed by atoms with E-state index in [4.69, 9.17) is 10.2 Å². The molecule has 1 atom stereocenters. The number of rotatable bonds is 5. The first-order chi connectivity index (χ1) is 7.09. The summed E-state index contributed by atoms with van der Waals surface area (Å²) in [5.41, 5.74) is 0.775. The van der Waals surface area contributed by atoms with Crippen LogP contribution in [-0.4, -0.2) is 33.8 Å². The van der Waals surface area contributed by atoms with Gasteiger partial charge in [0.2, 0.25) is 0 Å². The number of aromatic carboxylic acids is 1. The molecule has 15 heavy (non-hydrogen) atoms. The SMILES string of the molecule is CC(O)CCNc1ccc(C(=O)O)nc1. The van der Waals surface area contributed by atoms with E-state index >= 15 is 0 Å². The smallest absolute Gasteiger partial charge is 0.354 e. The number of carboxylic acid groups (broad SMARTS) is 1. The number of aromatic nitrogens is 1. The summed E-state index contributed by atoms with van der Waals surface area (Å²) in [5, 5.41) is 20.6. The van der Waals surface area contributed by atoms with Crippen molar-refractivity contribution in [2.75, 3.05) is 11.9 Å². The first kappa shape index (κ1) is 11.5. The summed E-state index contributed by atoms with van der Waals surface area (Å²) in [5.74, 6) is -1.04. The monoisotopic (exact) mass is 210 g/mol. The molecule has 0 aromatic carbocycles. The minimum absolute atomic E-state index is 0.0241. The number of hydrogen-bond acceptors (Lipinski definition) is 4. The van der Waals surface area contributed by atoms with E-state index in [9.17, 15) is 4.79 Å². The topological polar surface area (TPSA) is 82.5 Å². The van der Waals surface area contributed by atoms with Crippen molar-refractivity contribution >= 4 is 11.7 Å². The molecule has 1 aromatic heterocycles. The lowest BCUT2D eigenvalue weighted by Gasteiger charge is -2.07. The second-order valence-corrected chi connectivity index (χ2v) is 3.30. The van der Waals surface area contributed by atoms with E-state index in [1.807, 2.05) is 0 Å². The zero-order valence-electron chi connectivity index (χ0n) is 8.47. The van der Waals surface area contributed by atoms with Gasteiger partial charge in [0.25, 0.3) is 0 Å². The molecule has 1 aromatic rings. The number of pyridine rings is 1. The minimum atomic E-state index is -1.04. The third-order valence-electron chi connectivity index (χ3n) is 1.87. The molecule has 1 unspecified atom stereocenters. The maximum Gasteiger partial charge on any atom is 0.354 e. The Morgan fingerprint density at radius 2 is 2.33 bits per heavy atom. The fourth-order valence-corrected chi connectivity index (χ4v) is 1.05. The van der Waals surface area contributed by atoms with Gasteiger partial charge in [-0.3, -0.25) is 0 Å². The highest BCUT2D eigenvalue weighted by Crippen LogP contribution is 2.06. The van der Waals surface area contributed by atoms with Crippen LogP contribution in [0.1, 0.15) is 23.8 Å². The minimum Gasteiger partial charge on any atom is -0.477 e. The van der Waals surface area contributed by atoms with Gasteiger partial charge in [0.15, 0.2) is 0 Å². The summed E-state index contributed by atoms with van der Waals surface area (Å²) in [4.78, 5) is 14.3. The van der Waals surface area contributed by atoms with Gasteiger partial charge in [0.1, 0.15) is 5.69 Å². The van der Waals surface area contributed by atoms with Gasteiger partial charge >= 0.3 is 5.97 Å². The van der Waals surface area contributed by atoms with Crippen LogP contribution in [0.3, 0.4) is 0 Å². The number of carbonyl (C=O) groups is 1.